The molecule has 0 spiro atoms. The molecule has 1 aliphatic heterocycles. The van der Waals surface area contributed by atoms with Crippen molar-refractivity contribution in [3.63, 3.8) is 0 Å². The Morgan fingerprint density at radius 2 is 2.33 bits per heavy atom. The molecule has 0 bridgehead atoms. The Morgan fingerprint density at radius 3 is 3.00 bits per heavy atom. The van der Waals surface area contributed by atoms with Crippen LogP contribution >= 0.6 is 11.6 Å². The predicted molar refractivity (Wildman–Crippen MR) is 74.9 cm³/mol. The van der Waals surface area contributed by atoms with Crippen LogP contribution in [0, 0.1) is 11.3 Å². The number of nitrogens with zero attached hydrogens (tertiary/aromatic N) is 2. The molecule has 1 saturated heterocycles. The number of piperazine rings is 1. The van der Waals surface area contributed by atoms with Crippen LogP contribution in [-0.2, 0) is 0 Å². The molecule has 0 saturated carbocycles. The van der Waals surface area contributed by atoms with E-state index in [0.717, 1.165) is 23.8 Å². The molecule has 1 heterocycles. The second kappa shape index (κ2) is 5.17. The summed E-state index contributed by atoms with van der Waals surface area (Å²) in [6.45, 7) is 6.08. The normalized spacial score (nSPS) is 22.6. The van der Waals surface area contributed by atoms with Crippen LogP contribution < -0.4 is 10.2 Å². The second-order valence-corrected chi connectivity index (χ2v) is 5.88. The SMILES string of the molecule is CC1(C)CN(c2cccc(Cl)c2)CC(CC#N)N1. The van der Waals surface area contributed by atoms with Crippen LogP contribution in [-0.4, -0.2) is 24.7 Å². The van der Waals surface area contributed by atoms with Crippen molar-refractivity contribution in [1.29, 1.82) is 5.26 Å². The Morgan fingerprint density at radius 1 is 1.56 bits per heavy atom. The third-order valence-electron chi connectivity index (χ3n) is 3.13. The summed E-state index contributed by atoms with van der Waals surface area (Å²) in [7, 11) is 0. The number of halogens is 1. The molecule has 1 aromatic rings. The molecule has 0 aromatic heterocycles. The molecule has 0 radical (unpaired) electrons. The average molecular weight is 264 g/mol. The molecular weight excluding hydrogens is 246 g/mol. The number of nitriles is 1. The van der Waals surface area contributed by atoms with Crippen LogP contribution in [0.2, 0.25) is 5.02 Å². The third kappa shape index (κ3) is 3.16. The maximum absolute atomic E-state index is 8.86. The van der Waals surface area contributed by atoms with E-state index in [9.17, 15) is 0 Å². The zero-order valence-electron chi connectivity index (χ0n) is 10.8. The van der Waals surface area contributed by atoms with E-state index in [1.165, 1.54) is 0 Å². The third-order valence-corrected chi connectivity index (χ3v) is 3.37. The monoisotopic (exact) mass is 263 g/mol. The molecular formula is C14H18ClN3. The summed E-state index contributed by atoms with van der Waals surface area (Å²) in [6, 6.07) is 10.3. The smallest absolute Gasteiger partial charge is 0.0638 e. The lowest BCUT2D eigenvalue weighted by atomic mass is 9.97. The molecule has 2 rings (SSSR count). The first-order valence-corrected chi connectivity index (χ1v) is 6.53. The van der Waals surface area contributed by atoms with Gasteiger partial charge in [-0.05, 0) is 32.0 Å². The lowest BCUT2D eigenvalue weighted by Gasteiger charge is -2.44. The summed E-state index contributed by atoms with van der Waals surface area (Å²) in [5, 5.41) is 13.1. The fraction of sp³-hybridized carbons (Fsp3) is 0.500. The van der Waals surface area contributed by atoms with Gasteiger partial charge < -0.3 is 10.2 Å². The molecule has 1 unspecified atom stereocenters. The minimum Gasteiger partial charge on any atom is -0.368 e. The molecule has 18 heavy (non-hydrogen) atoms. The second-order valence-electron chi connectivity index (χ2n) is 5.45. The van der Waals surface area contributed by atoms with Gasteiger partial charge in [-0.15, -0.1) is 0 Å². The van der Waals surface area contributed by atoms with E-state index in [-0.39, 0.29) is 11.6 Å². The van der Waals surface area contributed by atoms with Gasteiger partial charge >= 0.3 is 0 Å². The van der Waals surface area contributed by atoms with Gasteiger partial charge in [0.1, 0.15) is 0 Å². The van der Waals surface area contributed by atoms with Crippen molar-refractivity contribution in [2.24, 2.45) is 0 Å². The standard InChI is InChI=1S/C14H18ClN3/c1-14(2)10-18(9-12(17-14)6-7-16)13-5-3-4-11(15)8-13/h3-5,8,12,17H,6,9-10H2,1-2H3. The zero-order chi connectivity index (χ0) is 13.2. The molecule has 1 fully saturated rings. The quantitative estimate of drug-likeness (QED) is 0.892. The molecule has 0 aliphatic carbocycles. The number of hydrogen-bond acceptors (Lipinski definition) is 3. The zero-order valence-corrected chi connectivity index (χ0v) is 11.5. The molecule has 96 valence electrons. The largest absolute Gasteiger partial charge is 0.368 e. The van der Waals surface area contributed by atoms with Crippen LogP contribution in [0.4, 0.5) is 5.69 Å². The minimum atomic E-state index is 0.00207. The van der Waals surface area contributed by atoms with Gasteiger partial charge in [-0.3, -0.25) is 0 Å². The highest BCUT2D eigenvalue weighted by atomic mass is 35.5. The van der Waals surface area contributed by atoms with Crippen LogP contribution in [0.1, 0.15) is 20.3 Å². The summed E-state index contributed by atoms with van der Waals surface area (Å²) in [6.07, 6.45) is 0.528. The van der Waals surface area contributed by atoms with Crippen molar-refractivity contribution in [2.45, 2.75) is 31.8 Å². The Kier molecular flexibility index (Phi) is 3.79. The van der Waals surface area contributed by atoms with Gasteiger partial charge in [-0.1, -0.05) is 17.7 Å². The number of benzene rings is 1. The van der Waals surface area contributed by atoms with Gasteiger partial charge in [0.05, 0.1) is 12.5 Å². The van der Waals surface area contributed by atoms with Crippen molar-refractivity contribution >= 4 is 17.3 Å². The van der Waals surface area contributed by atoms with E-state index in [0.29, 0.717) is 6.42 Å². The first kappa shape index (κ1) is 13.2. The first-order chi connectivity index (χ1) is 8.50. The van der Waals surface area contributed by atoms with Crippen molar-refractivity contribution in [2.75, 3.05) is 18.0 Å². The fourth-order valence-corrected chi connectivity index (χ4v) is 2.73. The summed E-state index contributed by atoms with van der Waals surface area (Å²) in [5.74, 6) is 0. The van der Waals surface area contributed by atoms with Gasteiger partial charge in [0, 0.05) is 35.4 Å². The maximum Gasteiger partial charge on any atom is 0.0638 e. The first-order valence-electron chi connectivity index (χ1n) is 6.15. The Labute approximate surface area is 113 Å². The van der Waals surface area contributed by atoms with Crippen LogP contribution in [0.25, 0.3) is 0 Å². The van der Waals surface area contributed by atoms with E-state index in [2.05, 4.69) is 36.2 Å². The van der Waals surface area contributed by atoms with Gasteiger partial charge in [-0.25, -0.2) is 0 Å². The number of hydrogen-bond donors (Lipinski definition) is 1. The Hall–Kier alpha value is -1.24. The van der Waals surface area contributed by atoms with E-state index in [4.69, 9.17) is 16.9 Å². The molecule has 1 atom stereocenters. The molecule has 4 heteroatoms. The summed E-state index contributed by atoms with van der Waals surface area (Å²) >= 11 is 6.04. The molecule has 1 N–H and O–H groups in total. The number of rotatable bonds is 2. The topological polar surface area (TPSA) is 39.1 Å². The van der Waals surface area contributed by atoms with E-state index in [1.807, 2.05) is 18.2 Å². The van der Waals surface area contributed by atoms with E-state index in [1.54, 1.807) is 0 Å². The highest BCUT2D eigenvalue weighted by Crippen LogP contribution is 2.25. The lowest BCUT2D eigenvalue weighted by Crippen LogP contribution is -2.62. The fourth-order valence-electron chi connectivity index (χ4n) is 2.55. The van der Waals surface area contributed by atoms with Crippen LogP contribution in [0.5, 0.6) is 0 Å². The van der Waals surface area contributed by atoms with Gasteiger partial charge in [0.15, 0.2) is 0 Å². The van der Waals surface area contributed by atoms with Gasteiger partial charge in [0.2, 0.25) is 0 Å². The maximum atomic E-state index is 8.86. The Balaban J connectivity index is 2.20. The molecule has 1 aromatic carbocycles. The minimum absolute atomic E-state index is 0.00207. The van der Waals surface area contributed by atoms with Crippen LogP contribution in [0.3, 0.4) is 0 Å². The highest BCUT2D eigenvalue weighted by molar-refractivity contribution is 6.30. The molecule has 1 aliphatic rings. The van der Waals surface area contributed by atoms with Crippen molar-refractivity contribution in [3.05, 3.63) is 29.3 Å². The average Bonchev–Trinajstić information content (AvgIpc) is 2.27. The summed E-state index contributed by atoms with van der Waals surface area (Å²) < 4.78 is 0. The summed E-state index contributed by atoms with van der Waals surface area (Å²) in [4.78, 5) is 2.30. The van der Waals surface area contributed by atoms with Crippen LogP contribution in [0.15, 0.2) is 24.3 Å². The Bertz CT molecular complexity index is 464. The van der Waals surface area contributed by atoms with Gasteiger partial charge in [0.25, 0.3) is 0 Å². The van der Waals surface area contributed by atoms with Crippen molar-refractivity contribution in [1.82, 2.24) is 5.32 Å². The number of nitrogens with one attached hydrogen (secondary N) is 1. The van der Waals surface area contributed by atoms with Crippen molar-refractivity contribution in [3.8, 4) is 6.07 Å². The number of anilines is 1. The van der Waals surface area contributed by atoms with Gasteiger partial charge in [-0.2, -0.15) is 5.26 Å². The summed E-state index contributed by atoms with van der Waals surface area (Å²) in [5.41, 5.74) is 1.13. The van der Waals surface area contributed by atoms with E-state index < -0.39 is 0 Å². The highest BCUT2D eigenvalue weighted by Gasteiger charge is 2.31. The van der Waals surface area contributed by atoms with Crippen molar-refractivity contribution < 1.29 is 0 Å². The van der Waals surface area contributed by atoms with E-state index >= 15 is 0 Å². The predicted octanol–water partition coefficient (Wildman–Crippen LogP) is 2.81. The lowest BCUT2D eigenvalue weighted by molar-refractivity contribution is 0.291. The molecule has 0 amide bonds. The molecule has 3 nitrogen and oxygen atoms in total.